The minimum Gasteiger partial charge on any atom is -0.324 e. The highest BCUT2D eigenvalue weighted by molar-refractivity contribution is 5.13. The maximum absolute atomic E-state index is 12.4. The molecule has 1 saturated carbocycles. The Morgan fingerprint density at radius 2 is 2.06 bits per heavy atom. The molecular weight excluding hydrogens is 217 g/mol. The third kappa shape index (κ3) is 2.58. The van der Waals surface area contributed by atoms with Crippen molar-refractivity contribution in [3.8, 4) is 0 Å². The van der Waals surface area contributed by atoms with Crippen molar-refractivity contribution in [3.63, 3.8) is 0 Å². The summed E-state index contributed by atoms with van der Waals surface area (Å²) in [6.07, 6.45) is 0.390. The summed E-state index contributed by atoms with van der Waals surface area (Å²) >= 11 is 0. The van der Waals surface area contributed by atoms with Gasteiger partial charge >= 0.3 is 6.18 Å². The Balaban J connectivity index is 1.87. The minimum absolute atomic E-state index is 0.0968. The molecule has 1 heterocycles. The number of rotatable bonds is 2. The van der Waals surface area contributed by atoms with Crippen LogP contribution in [0.4, 0.5) is 13.2 Å². The van der Waals surface area contributed by atoms with Gasteiger partial charge in [-0.3, -0.25) is 4.90 Å². The van der Waals surface area contributed by atoms with E-state index in [0.29, 0.717) is 13.1 Å². The lowest BCUT2D eigenvalue weighted by Crippen LogP contribution is -2.55. The lowest BCUT2D eigenvalue weighted by molar-refractivity contribution is -0.0962. The molecule has 2 rings (SSSR count). The van der Waals surface area contributed by atoms with Crippen LogP contribution in [-0.2, 0) is 0 Å². The van der Waals surface area contributed by atoms with Gasteiger partial charge in [-0.05, 0) is 25.7 Å². The second-order valence-corrected chi connectivity index (χ2v) is 4.93. The first kappa shape index (κ1) is 11.9. The number of halogens is 3. The van der Waals surface area contributed by atoms with Crippen molar-refractivity contribution in [2.75, 3.05) is 19.6 Å². The van der Waals surface area contributed by atoms with Gasteiger partial charge < -0.3 is 5.73 Å². The van der Waals surface area contributed by atoms with Crippen LogP contribution in [0.1, 0.15) is 25.7 Å². The van der Waals surface area contributed by atoms with Crippen LogP contribution in [-0.4, -0.2) is 36.2 Å². The van der Waals surface area contributed by atoms with Gasteiger partial charge in [-0.25, -0.2) is 0 Å². The standard InChI is InChI=1S/C11H17F3N2/c12-11(13,14)9-2-6-16(7-3-9)8-10(15)4-1-5-10/h2H,1,3-8,15H2. The Labute approximate surface area is 93.3 Å². The van der Waals surface area contributed by atoms with E-state index >= 15 is 0 Å². The second-order valence-electron chi connectivity index (χ2n) is 4.93. The average molecular weight is 234 g/mol. The molecule has 0 saturated heterocycles. The van der Waals surface area contributed by atoms with E-state index in [1.807, 2.05) is 4.90 Å². The van der Waals surface area contributed by atoms with Crippen molar-refractivity contribution in [1.82, 2.24) is 4.90 Å². The molecule has 0 aromatic rings. The van der Waals surface area contributed by atoms with E-state index in [2.05, 4.69) is 0 Å². The SMILES string of the molecule is NC1(CN2CC=C(C(F)(F)F)CC2)CCC1. The van der Waals surface area contributed by atoms with Crippen LogP contribution in [0.5, 0.6) is 0 Å². The van der Waals surface area contributed by atoms with Crippen molar-refractivity contribution in [2.45, 2.75) is 37.4 Å². The quantitative estimate of drug-likeness (QED) is 0.741. The Bertz CT molecular complexity index is 292. The summed E-state index contributed by atoms with van der Waals surface area (Å²) in [5.41, 5.74) is 5.55. The molecule has 1 aliphatic carbocycles. The summed E-state index contributed by atoms with van der Waals surface area (Å²) in [4.78, 5) is 2.02. The van der Waals surface area contributed by atoms with E-state index in [1.54, 1.807) is 0 Å². The summed E-state index contributed by atoms with van der Waals surface area (Å²) in [6, 6.07) is 0. The average Bonchev–Trinajstić information content (AvgIpc) is 2.15. The van der Waals surface area contributed by atoms with Gasteiger partial charge in [0.1, 0.15) is 0 Å². The molecule has 0 atom stereocenters. The molecule has 1 aliphatic heterocycles. The molecular formula is C11H17F3N2. The minimum atomic E-state index is -4.15. The number of alkyl halides is 3. The van der Waals surface area contributed by atoms with Crippen LogP contribution in [0.25, 0.3) is 0 Å². The summed E-state index contributed by atoms with van der Waals surface area (Å²) in [5, 5.41) is 0. The van der Waals surface area contributed by atoms with Crippen LogP contribution < -0.4 is 5.73 Å². The summed E-state index contributed by atoms with van der Waals surface area (Å²) in [5.74, 6) is 0. The first-order valence-electron chi connectivity index (χ1n) is 5.67. The Hall–Kier alpha value is -0.550. The van der Waals surface area contributed by atoms with E-state index in [0.717, 1.165) is 25.8 Å². The number of nitrogens with zero attached hydrogens (tertiary/aromatic N) is 1. The predicted molar refractivity (Wildman–Crippen MR) is 56.0 cm³/mol. The van der Waals surface area contributed by atoms with E-state index in [1.165, 1.54) is 6.08 Å². The monoisotopic (exact) mass is 234 g/mol. The summed E-state index contributed by atoms with van der Waals surface area (Å²) in [6.45, 7) is 1.59. The van der Waals surface area contributed by atoms with Crippen LogP contribution in [0.15, 0.2) is 11.6 Å². The molecule has 0 bridgehead atoms. The van der Waals surface area contributed by atoms with E-state index in [9.17, 15) is 13.2 Å². The maximum Gasteiger partial charge on any atom is 0.412 e. The smallest absolute Gasteiger partial charge is 0.324 e. The number of nitrogens with two attached hydrogens (primary N) is 1. The van der Waals surface area contributed by atoms with Gasteiger partial charge in [0.2, 0.25) is 0 Å². The molecule has 0 spiro atoms. The van der Waals surface area contributed by atoms with Crippen molar-refractivity contribution in [3.05, 3.63) is 11.6 Å². The third-order valence-corrected chi connectivity index (χ3v) is 3.55. The van der Waals surface area contributed by atoms with Crippen molar-refractivity contribution in [1.29, 1.82) is 0 Å². The Kier molecular flexibility index (Phi) is 3.01. The Morgan fingerprint density at radius 3 is 2.44 bits per heavy atom. The first-order valence-corrected chi connectivity index (χ1v) is 5.67. The fourth-order valence-electron chi connectivity index (χ4n) is 2.35. The van der Waals surface area contributed by atoms with E-state index in [4.69, 9.17) is 5.73 Å². The molecule has 2 N–H and O–H groups in total. The van der Waals surface area contributed by atoms with Crippen molar-refractivity contribution >= 4 is 0 Å². The fraction of sp³-hybridized carbons (Fsp3) is 0.818. The van der Waals surface area contributed by atoms with Gasteiger partial charge in [0.25, 0.3) is 0 Å². The summed E-state index contributed by atoms with van der Waals surface area (Å²) in [7, 11) is 0. The van der Waals surface area contributed by atoms with Crippen LogP contribution >= 0.6 is 0 Å². The molecule has 0 unspecified atom stereocenters. The third-order valence-electron chi connectivity index (χ3n) is 3.55. The molecule has 5 heteroatoms. The summed E-state index contributed by atoms with van der Waals surface area (Å²) < 4.78 is 37.1. The van der Waals surface area contributed by atoms with Gasteiger partial charge in [0, 0.05) is 30.7 Å². The zero-order valence-corrected chi connectivity index (χ0v) is 9.19. The van der Waals surface area contributed by atoms with Gasteiger partial charge in [-0.15, -0.1) is 0 Å². The molecule has 92 valence electrons. The van der Waals surface area contributed by atoms with Gasteiger partial charge in [-0.1, -0.05) is 6.08 Å². The zero-order chi connectivity index (χ0) is 11.8. The molecule has 0 amide bonds. The highest BCUT2D eigenvalue weighted by atomic mass is 19.4. The molecule has 2 aliphatic rings. The Morgan fingerprint density at radius 1 is 1.38 bits per heavy atom. The topological polar surface area (TPSA) is 29.3 Å². The van der Waals surface area contributed by atoms with E-state index < -0.39 is 6.18 Å². The van der Waals surface area contributed by atoms with Crippen LogP contribution in [0, 0.1) is 0 Å². The predicted octanol–water partition coefficient (Wildman–Crippen LogP) is 2.06. The van der Waals surface area contributed by atoms with Crippen LogP contribution in [0.3, 0.4) is 0 Å². The zero-order valence-electron chi connectivity index (χ0n) is 9.19. The lowest BCUT2D eigenvalue weighted by atomic mass is 9.77. The number of hydrogen-bond donors (Lipinski definition) is 1. The van der Waals surface area contributed by atoms with Gasteiger partial charge in [0.15, 0.2) is 0 Å². The number of hydrogen-bond acceptors (Lipinski definition) is 2. The first-order chi connectivity index (χ1) is 7.39. The van der Waals surface area contributed by atoms with Crippen molar-refractivity contribution < 1.29 is 13.2 Å². The second kappa shape index (κ2) is 4.04. The molecule has 1 fully saturated rings. The molecule has 0 aromatic heterocycles. The largest absolute Gasteiger partial charge is 0.412 e. The van der Waals surface area contributed by atoms with Gasteiger partial charge in [0.05, 0.1) is 0 Å². The maximum atomic E-state index is 12.4. The van der Waals surface area contributed by atoms with Gasteiger partial charge in [-0.2, -0.15) is 13.2 Å². The molecule has 0 radical (unpaired) electrons. The highest BCUT2D eigenvalue weighted by Crippen LogP contribution is 2.33. The molecule has 16 heavy (non-hydrogen) atoms. The molecule has 2 nitrogen and oxygen atoms in total. The van der Waals surface area contributed by atoms with E-state index in [-0.39, 0.29) is 17.5 Å². The highest BCUT2D eigenvalue weighted by Gasteiger charge is 2.37. The van der Waals surface area contributed by atoms with Crippen LogP contribution in [0.2, 0.25) is 0 Å². The van der Waals surface area contributed by atoms with Crippen molar-refractivity contribution in [2.24, 2.45) is 5.73 Å². The normalized spacial score (nSPS) is 26.1. The molecule has 0 aromatic carbocycles. The lowest BCUT2D eigenvalue weighted by Gasteiger charge is -2.42. The fourth-order valence-corrected chi connectivity index (χ4v) is 2.35.